The van der Waals surface area contributed by atoms with Crippen molar-refractivity contribution in [3.63, 3.8) is 0 Å². The molecule has 4 nitrogen and oxygen atoms in total. The Morgan fingerprint density at radius 1 is 1.19 bits per heavy atom. The highest BCUT2D eigenvalue weighted by Gasteiger charge is 2.14. The zero-order chi connectivity index (χ0) is 11.5. The fraction of sp³-hybridized carbons (Fsp3) is 0.917. The Bertz CT molecular complexity index is 197. The molecule has 1 aliphatic heterocycles. The van der Waals surface area contributed by atoms with E-state index in [-0.39, 0.29) is 0 Å². The lowest BCUT2D eigenvalue weighted by atomic mass is 10.2. The van der Waals surface area contributed by atoms with Crippen molar-refractivity contribution < 1.29 is 14.2 Å². The Labute approximate surface area is 97.5 Å². The van der Waals surface area contributed by atoms with Crippen LogP contribution in [0.2, 0.25) is 0 Å². The van der Waals surface area contributed by atoms with Gasteiger partial charge in [0.1, 0.15) is 0 Å². The zero-order valence-corrected chi connectivity index (χ0v) is 9.82. The van der Waals surface area contributed by atoms with Crippen LogP contribution in [0.4, 0.5) is 0 Å². The van der Waals surface area contributed by atoms with Gasteiger partial charge < -0.3 is 14.2 Å². The summed E-state index contributed by atoms with van der Waals surface area (Å²) in [6, 6.07) is 2.12. The van der Waals surface area contributed by atoms with Crippen molar-refractivity contribution in [2.75, 3.05) is 33.0 Å². The third-order valence-corrected chi connectivity index (χ3v) is 2.53. The van der Waals surface area contributed by atoms with Crippen molar-refractivity contribution in [1.29, 1.82) is 5.26 Å². The molecule has 1 fully saturated rings. The van der Waals surface area contributed by atoms with Crippen LogP contribution in [0.5, 0.6) is 0 Å². The van der Waals surface area contributed by atoms with Crippen LogP contribution in [-0.2, 0) is 14.2 Å². The second kappa shape index (κ2) is 9.59. The predicted octanol–water partition coefficient (Wildman–Crippen LogP) is 1.89. The number of hydrogen-bond acceptors (Lipinski definition) is 4. The first-order valence-corrected chi connectivity index (χ1v) is 6.07. The largest absolute Gasteiger partial charge is 0.379 e. The van der Waals surface area contributed by atoms with Crippen LogP contribution < -0.4 is 0 Å². The van der Waals surface area contributed by atoms with Gasteiger partial charge >= 0.3 is 0 Å². The summed E-state index contributed by atoms with van der Waals surface area (Å²) in [6.45, 7) is 3.57. The van der Waals surface area contributed by atoms with Crippen molar-refractivity contribution in [3.8, 4) is 6.07 Å². The second-order valence-electron chi connectivity index (χ2n) is 3.94. The molecule has 0 aromatic rings. The summed E-state index contributed by atoms with van der Waals surface area (Å²) >= 11 is 0. The van der Waals surface area contributed by atoms with Gasteiger partial charge in [-0.25, -0.2) is 0 Å². The van der Waals surface area contributed by atoms with Crippen LogP contribution in [0.1, 0.15) is 32.1 Å². The lowest BCUT2D eigenvalue weighted by molar-refractivity contribution is -0.00726. The predicted molar refractivity (Wildman–Crippen MR) is 60.1 cm³/mol. The van der Waals surface area contributed by atoms with Crippen molar-refractivity contribution in [3.05, 3.63) is 0 Å². The molecule has 1 rings (SSSR count). The number of rotatable bonds is 9. The summed E-state index contributed by atoms with van der Waals surface area (Å²) in [5.41, 5.74) is 0. The zero-order valence-electron chi connectivity index (χ0n) is 9.82. The van der Waals surface area contributed by atoms with Gasteiger partial charge in [0.05, 0.1) is 32.0 Å². The maximum atomic E-state index is 8.32. The summed E-state index contributed by atoms with van der Waals surface area (Å²) < 4.78 is 16.2. The van der Waals surface area contributed by atoms with E-state index in [1.54, 1.807) is 0 Å². The molecule has 92 valence electrons. The third kappa shape index (κ3) is 6.78. The van der Waals surface area contributed by atoms with Crippen LogP contribution in [0.15, 0.2) is 0 Å². The van der Waals surface area contributed by atoms with E-state index in [0.717, 1.165) is 38.9 Å². The van der Waals surface area contributed by atoms with Crippen molar-refractivity contribution in [1.82, 2.24) is 0 Å². The Hall–Kier alpha value is -0.630. The quantitative estimate of drug-likeness (QED) is 0.564. The number of nitrogens with zero attached hydrogens (tertiary/aromatic N) is 1. The molecule has 0 bridgehead atoms. The Kier molecular flexibility index (Phi) is 8.05. The average molecular weight is 227 g/mol. The third-order valence-electron chi connectivity index (χ3n) is 2.53. The Morgan fingerprint density at radius 2 is 2.06 bits per heavy atom. The number of hydrogen-bond donors (Lipinski definition) is 0. The second-order valence-corrected chi connectivity index (χ2v) is 3.94. The molecule has 1 unspecified atom stereocenters. The molecule has 0 radical (unpaired) electrons. The molecule has 0 aromatic carbocycles. The smallest absolute Gasteiger partial charge is 0.0809 e. The Morgan fingerprint density at radius 3 is 2.81 bits per heavy atom. The van der Waals surface area contributed by atoms with Gasteiger partial charge in [-0.05, 0) is 25.7 Å². The van der Waals surface area contributed by atoms with Crippen LogP contribution >= 0.6 is 0 Å². The molecule has 0 saturated carbocycles. The highest BCUT2D eigenvalue weighted by atomic mass is 16.5. The fourth-order valence-corrected chi connectivity index (χ4v) is 1.62. The van der Waals surface area contributed by atoms with Gasteiger partial charge in [0.15, 0.2) is 0 Å². The average Bonchev–Trinajstić information content (AvgIpc) is 2.80. The number of nitriles is 1. The topological polar surface area (TPSA) is 51.5 Å². The van der Waals surface area contributed by atoms with Gasteiger partial charge in [0, 0.05) is 19.6 Å². The van der Waals surface area contributed by atoms with E-state index in [9.17, 15) is 0 Å². The van der Waals surface area contributed by atoms with Crippen LogP contribution in [0.3, 0.4) is 0 Å². The van der Waals surface area contributed by atoms with Crippen molar-refractivity contribution >= 4 is 0 Å². The highest BCUT2D eigenvalue weighted by molar-refractivity contribution is 4.67. The first-order chi connectivity index (χ1) is 7.93. The van der Waals surface area contributed by atoms with E-state index in [1.807, 2.05) is 0 Å². The van der Waals surface area contributed by atoms with E-state index in [4.69, 9.17) is 19.5 Å². The molecule has 0 N–H and O–H groups in total. The summed E-state index contributed by atoms with van der Waals surface area (Å²) in [4.78, 5) is 0. The molecule has 1 heterocycles. The molecule has 4 heteroatoms. The lowest BCUT2D eigenvalue weighted by Crippen LogP contribution is -2.16. The first-order valence-electron chi connectivity index (χ1n) is 6.07. The molecular formula is C12H21NO3. The van der Waals surface area contributed by atoms with Gasteiger partial charge in [0.2, 0.25) is 0 Å². The van der Waals surface area contributed by atoms with Gasteiger partial charge in [0.25, 0.3) is 0 Å². The van der Waals surface area contributed by atoms with Crippen LogP contribution in [0, 0.1) is 11.3 Å². The fourth-order valence-electron chi connectivity index (χ4n) is 1.62. The molecule has 16 heavy (non-hydrogen) atoms. The molecule has 1 saturated heterocycles. The highest BCUT2D eigenvalue weighted by Crippen LogP contribution is 2.11. The monoisotopic (exact) mass is 227 g/mol. The minimum absolute atomic E-state index is 0.302. The molecule has 0 aliphatic carbocycles. The standard InChI is InChI=1S/C12H21NO3/c13-6-2-1-3-7-14-9-10-15-11-12-5-4-8-16-12/h12H,1-5,7-11H2. The minimum Gasteiger partial charge on any atom is -0.379 e. The summed E-state index contributed by atoms with van der Waals surface area (Å²) in [5.74, 6) is 0. The van der Waals surface area contributed by atoms with E-state index in [0.29, 0.717) is 32.3 Å². The van der Waals surface area contributed by atoms with Gasteiger partial charge in [-0.2, -0.15) is 5.26 Å². The summed E-state index contributed by atoms with van der Waals surface area (Å²) in [5, 5.41) is 8.32. The van der Waals surface area contributed by atoms with E-state index >= 15 is 0 Å². The summed E-state index contributed by atoms with van der Waals surface area (Å²) in [6.07, 6.45) is 5.08. The van der Waals surface area contributed by atoms with E-state index in [2.05, 4.69) is 6.07 Å². The van der Waals surface area contributed by atoms with Gasteiger partial charge in [-0.15, -0.1) is 0 Å². The maximum absolute atomic E-state index is 8.32. The number of unbranched alkanes of at least 4 members (excludes halogenated alkanes) is 2. The van der Waals surface area contributed by atoms with Gasteiger partial charge in [-0.1, -0.05) is 0 Å². The molecule has 1 aliphatic rings. The minimum atomic E-state index is 0.302. The maximum Gasteiger partial charge on any atom is 0.0809 e. The van der Waals surface area contributed by atoms with E-state index in [1.165, 1.54) is 0 Å². The molecule has 0 aromatic heterocycles. The molecular weight excluding hydrogens is 206 g/mol. The summed E-state index contributed by atoms with van der Waals surface area (Å²) in [7, 11) is 0. The van der Waals surface area contributed by atoms with Crippen molar-refractivity contribution in [2.24, 2.45) is 0 Å². The Balaban J connectivity index is 1.73. The lowest BCUT2D eigenvalue weighted by Gasteiger charge is -2.10. The van der Waals surface area contributed by atoms with Crippen molar-refractivity contribution in [2.45, 2.75) is 38.2 Å². The molecule has 0 spiro atoms. The van der Waals surface area contributed by atoms with Crippen LogP contribution in [0.25, 0.3) is 0 Å². The van der Waals surface area contributed by atoms with Gasteiger partial charge in [-0.3, -0.25) is 0 Å². The molecule has 0 amide bonds. The normalized spacial score (nSPS) is 19.8. The SMILES string of the molecule is N#CCCCCOCCOCC1CCCO1. The number of ether oxygens (including phenoxy) is 3. The first kappa shape index (κ1) is 13.4. The van der Waals surface area contributed by atoms with Crippen LogP contribution in [-0.4, -0.2) is 39.1 Å². The van der Waals surface area contributed by atoms with E-state index < -0.39 is 0 Å². The molecule has 1 atom stereocenters.